The average Bonchev–Trinajstić information content (AvgIpc) is 3.58. The lowest BCUT2D eigenvalue weighted by atomic mass is 9.76. The first-order valence-corrected chi connectivity index (χ1v) is 13.2. The third kappa shape index (κ3) is 5.49. The summed E-state index contributed by atoms with van der Waals surface area (Å²) in [4.78, 5) is 21.4. The third-order valence-electron chi connectivity index (χ3n) is 8.04. The molecule has 2 aromatic heterocycles. The molecular formula is C28H28F3N7O3. The van der Waals surface area contributed by atoms with Gasteiger partial charge in [-0.2, -0.15) is 28.2 Å². The minimum absolute atomic E-state index is 0.0778. The van der Waals surface area contributed by atoms with Crippen molar-refractivity contribution in [2.75, 3.05) is 30.3 Å². The van der Waals surface area contributed by atoms with Crippen LogP contribution in [0.5, 0.6) is 5.88 Å². The molecule has 6 rings (SSSR count). The van der Waals surface area contributed by atoms with Crippen LogP contribution in [0.25, 0.3) is 22.0 Å². The number of carbonyl (C=O) groups is 1. The smallest absolute Gasteiger partial charge is 0.429 e. The first kappa shape index (κ1) is 26.8. The van der Waals surface area contributed by atoms with Gasteiger partial charge in [-0.3, -0.25) is 9.89 Å². The maximum absolute atomic E-state index is 14.2. The van der Waals surface area contributed by atoms with Gasteiger partial charge in [-0.25, -0.2) is 0 Å². The van der Waals surface area contributed by atoms with Crippen LogP contribution in [0.4, 0.5) is 24.9 Å². The first-order valence-electron chi connectivity index (χ1n) is 13.2. The number of anilines is 2. The number of H-pyrrole nitrogens is 1. The molecule has 0 amide bonds. The molecule has 1 spiro atoms. The van der Waals surface area contributed by atoms with Gasteiger partial charge >= 0.3 is 12.1 Å². The van der Waals surface area contributed by atoms with Gasteiger partial charge in [0.1, 0.15) is 11.9 Å². The molecule has 2 aliphatic heterocycles. The fourth-order valence-electron chi connectivity index (χ4n) is 5.75. The molecule has 5 N–H and O–H groups in total. The number of nitrogens with two attached hydrogens (primary N) is 1. The van der Waals surface area contributed by atoms with Crippen molar-refractivity contribution < 1.29 is 27.8 Å². The summed E-state index contributed by atoms with van der Waals surface area (Å²) >= 11 is 0. The zero-order valence-corrected chi connectivity index (χ0v) is 21.9. The lowest BCUT2D eigenvalue weighted by molar-refractivity contribution is -0.198. The number of rotatable bonds is 6. The highest BCUT2D eigenvalue weighted by atomic mass is 19.4. The fraction of sp³-hybridized carbons (Fsp3) is 0.357. The minimum atomic E-state index is -4.72. The summed E-state index contributed by atoms with van der Waals surface area (Å²) in [6.45, 7) is 1.72. The van der Waals surface area contributed by atoms with Gasteiger partial charge < -0.3 is 25.8 Å². The van der Waals surface area contributed by atoms with Crippen LogP contribution in [-0.4, -0.2) is 63.1 Å². The number of fused-ring (bicyclic) bond motifs is 1. The minimum Gasteiger partial charge on any atom is -0.480 e. The van der Waals surface area contributed by atoms with Crippen molar-refractivity contribution >= 4 is 28.6 Å². The van der Waals surface area contributed by atoms with E-state index in [0.29, 0.717) is 31.9 Å². The molecule has 0 bridgehead atoms. The molecule has 0 aliphatic carbocycles. The lowest BCUT2D eigenvalue weighted by Crippen LogP contribution is -2.41. The monoisotopic (exact) mass is 567 g/mol. The molecule has 41 heavy (non-hydrogen) atoms. The summed E-state index contributed by atoms with van der Waals surface area (Å²) in [5.41, 5.74) is 8.14. The number of hydrogen-bond donors (Lipinski definition) is 4. The second kappa shape index (κ2) is 10.2. The van der Waals surface area contributed by atoms with Gasteiger partial charge in [0.15, 0.2) is 0 Å². The summed E-state index contributed by atoms with van der Waals surface area (Å²) in [7, 11) is 0. The van der Waals surface area contributed by atoms with Gasteiger partial charge in [-0.1, -0.05) is 30.3 Å². The Balaban J connectivity index is 1.19. The van der Waals surface area contributed by atoms with Gasteiger partial charge in [0.2, 0.25) is 17.9 Å². The molecule has 0 radical (unpaired) electrons. The SMILES string of the molecule is Nc1nc(OC(c2ccc(-c3ccc4[nH]ncc4c3)cc2)C(F)(F)F)cc(N2CCC3(CC2)CNC(C(=O)O)C3)n1. The predicted octanol–water partition coefficient (Wildman–Crippen LogP) is 4.32. The van der Waals surface area contributed by atoms with Gasteiger partial charge in [-0.15, -0.1) is 0 Å². The number of nitrogens with one attached hydrogen (secondary N) is 2. The van der Waals surface area contributed by atoms with Crippen LogP contribution in [0, 0.1) is 5.41 Å². The Morgan fingerprint density at radius 3 is 2.51 bits per heavy atom. The van der Waals surface area contributed by atoms with E-state index in [1.807, 2.05) is 23.1 Å². The quantitative estimate of drug-likeness (QED) is 0.268. The van der Waals surface area contributed by atoms with Gasteiger partial charge in [0.05, 0.1) is 11.7 Å². The van der Waals surface area contributed by atoms with E-state index in [2.05, 4.69) is 25.5 Å². The molecule has 2 aromatic carbocycles. The van der Waals surface area contributed by atoms with Crippen molar-refractivity contribution in [2.45, 2.75) is 37.6 Å². The van der Waals surface area contributed by atoms with Crippen LogP contribution in [0.2, 0.25) is 0 Å². The molecule has 0 saturated carbocycles. The molecule has 13 heteroatoms. The molecule has 214 valence electrons. The highest BCUT2D eigenvalue weighted by Crippen LogP contribution is 2.41. The second-order valence-electron chi connectivity index (χ2n) is 10.7. The number of carboxylic acids is 1. The number of halogens is 3. The largest absolute Gasteiger partial charge is 0.480 e. The Bertz CT molecular complexity index is 1570. The van der Waals surface area contributed by atoms with Crippen molar-refractivity contribution in [3.63, 3.8) is 0 Å². The Hall–Kier alpha value is -4.39. The number of aromatic amines is 1. The standard InChI is InChI=1S/C28H28F3N7O3/c29-28(30,31)24(17-3-1-16(2-4-17)18-5-6-20-19(11-18)14-34-37-20)41-23-12-22(35-26(32)36-23)38-9-7-27(8-10-38)13-21(25(39)40)33-15-27/h1-6,11-12,14,21,24,33H,7-10,13,15H2,(H,34,37)(H,39,40)(H2,32,35,36). The second-order valence-corrected chi connectivity index (χ2v) is 10.7. The van der Waals surface area contributed by atoms with E-state index < -0.39 is 24.3 Å². The van der Waals surface area contributed by atoms with E-state index in [0.717, 1.165) is 34.9 Å². The number of nitrogens with zero attached hydrogens (tertiary/aromatic N) is 4. The van der Waals surface area contributed by atoms with Crippen molar-refractivity contribution in [1.29, 1.82) is 0 Å². The third-order valence-corrected chi connectivity index (χ3v) is 8.04. The molecule has 2 fully saturated rings. The summed E-state index contributed by atoms with van der Waals surface area (Å²) in [6, 6.07) is 12.5. The highest BCUT2D eigenvalue weighted by molar-refractivity contribution is 5.84. The van der Waals surface area contributed by atoms with E-state index in [9.17, 15) is 23.1 Å². The van der Waals surface area contributed by atoms with E-state index in [-0.39, 0.29) is 22.8 Å². The summed E-state index contributed by atoms with van der Waals surface area (Å²) in [5, 5.41) is 20.2. The number of piperidine rings is 1. The Labute approximate surface area is 232 Å². The fourth-order valence-corrected chi connectivity index (χ4v) is 5.75. The predicted molar refractivity (Wildman–Crippen MR) is 145 cm³/mol. The molecule has 4 heterocycles. The molecule has 10 nitrogen and oxygen atoms in total. The van der Waals surface area contributed by atoms with Gasteiger partial charge in [0, 0.05) is 36.7 Å². The summed E-state index contributed by atoms with van der Waals surface area (Å²) in [6.07, 6.45) is -3.32. The van der Waals surface area contributed by atoms with E-state index in [1.165, 1.54) is 18.2 Å². The van der Waals surface area contributed by atoms with Crippen molar-refractivity contribution in [1.82, 2.24) is 25.5 Å². The molecule has 2 saturated heterocycles. The van der Waals surface area contributed by atoms with Crippen LogP contribution in [-0.2, 0) is 4.79 Å². The average molecular weight is 568 g/mol. The number of ether oxygens (including phenoxy) is 1. The van der Waals surface area contributed by atoms with Crippen LogP contribution in [0.1, 0.15) is 30.9 Å². The van der Waals surface area contributed by atoms with E-state index in [1.54, 1.807) is 18.3 Å². The lowest BCUT2D eigenvalue weighted by Gasteiger charge is -2.39. The Morgan fingerprint density at radius 1 is 1.10 bits per heavy atom. The number of benzene rings is 2. The van der Waals surface area contributed by atoms with Crippen molar-refractivity contribution in [2.24, 2.45) is 5.41 Å². The first-order chi connectivity index (χ1) is 19.6. The summed E-state index contributed by atoms with van der Waals surface area (Å²) in [5.74, 6) is -0.969. The Morgan fingerprint density at radius 2 is 1.83 bits per heavy atom. The molecule has 2 unspecified atom stereocenters. The maximum Gasteiger partial charge on any atom is 0.429 e. The zero-order chi connectivity index (χ0) is 28.8. The topological polar surface area (TPSA) is 142 Å². The van der Waals surface area contributed by atoms with Gasteiger partial charge in [-0.05, 0) is 47.9 Å². The van der Waals surface area contributed by atoms with Crippen LogP contribution in [0.15, 0.2) is 54.7 Å². The van der Waals surface area contributed by atoms with Crippen LogP contribution < -0.4 is 20.7 Å². The van der Waals surface area contributed by atoms with Crippen LogP contribution in [0.3, 0.4) is 0 Å². The highest BCUT2D eigenvalue weighted by Gasteiger charge is 2.45. The molecule has 4 aromatic rings. The van der Waals surface area contributed by atoms with E-state index >= 15 is 0 Å². The zero-order valence-electron chi connectivity index (χ0n) is 21.9. The number of hydrogen-bond acceptors (Lipinski definition) is 8. The van der Waals surface area contributed by atoms with Crippen molar-refractivity contribution in [3.05, 3.63) is 60.3 Å². The number of aromatic nitrogens is 4. The number of aliphatic carboxylic acids is 1. The number of alkyl halides is 3. The number of carboxylic acid groups (broad SMARTS) is 1. The number of nitrogen functional groups attached to an aromatic ring is 1. The molecular weight excluding hydrogens is 539 g/mol. The van der Waals surface area contributed by atoms with Crippen LogP contribution >= 0.6 is 0 Å². The van der Waals surface area contributed by atoms with Gasteiger partial charge in [0.25, 0.3) is 0 Å². The maximum atomic E-state index is 14.2. The summed E-state index contributed by atoms with van der Waals surface area (Å²) < 4.78 is 48.0. The molecule has 2 atom stereocenters. The Kier molecular flexibility index (Phi) is 6.68. The molecule has 2 aliphatic rings. The normalized spacial score (nSPS) is 19.5. The van der Waals surface area contributed by atoms with E-state index in [4.69, 9.17) is 10.5 Å². The van der Waals surface area contributed by atoms with Crippen molar-refractivity contribution in [3.8, 4) is 17.0 Å².